The molecule has 3 heterocycles. The highest BCUT2D eigenvalue weighted by Crippen LogP contribution is 2.44. The van der Waals surface area contributed by atoms with Gasteiger partial charge in [-0.1, -0.05) is 58.6 Å². The Labute approximate surface area is 423 Å². The number of methoxy groups -OCH3 is 1. The molecule has 0 aromatic heterocycles. The Kier molecular flexibility index (Phi) is 20.7. The first-order chi connectivity index (χ1) is 32.7. The molecule has 1 saturated carbocycles. The van der Waals surface area contributed by atoms with Gasteiger partial charge in [-0.15, -0.1) is 0 Å². The predicted octanol–water partition coefficient (Wildman–Crippen LogP) is 5.04. The van der Waals surface area contributed by atoms with Crippen molar-refractivity contribution in [2.24, 2.45) is 17.8 Å². The maximum Gasteiger partial charge on any atom is 0.311 e. The van der Waals surface area contributed by atoms with Crippen molar-refractivity contribution >= 4 is 27.6 Å². The predicted molar refractivity (Wildman–Crippen MR) is 265 cm³/mol. The lowest BCUT2D eigenvalue weighted by molar-refractivity contribution is -0.336. The van der Waals surface area contributed by atoms with Crippen molar-refractivity contribution in [2.45, 2.75) is 241 Å². The molecule has 4 aliphatic rings. The number of hydrogen-bond donors (Lipinski definition) is 7. The topological polar surface area (TPSA) is 235 Å². The summed E-state index contributed by atoms with van der Waals surface area (Å²) >= 11 is 6.21. The Balaban J connectivity index is 1.61. The van der Waals surface area contributed by atoms with Crippen molar-refractivity contribution in [3.63, 3.8) is 0 Å². The summed E-state index contributed by atoms with van der Waals surface area (Å²) in [5, 5.41) is 68.1. The van der Waals surface area contributed by atoms with Crippen LogP contribution in [0.5, 0.6) is 0 Å². The number of aliphatic hydroxyl groups is 5. The number of carbonyl (C=O) groups excluding carboxylic acids is 1. The van der Waals surface area contributed by atoms with Crippen LogP contribution in [0.3, 0.4) is 0 Å². The lowest BCUT2D eigenvalue weighted by atomic mass is 9.75. The standard InChI is InChI=1S/C51H88ClN3O14S/c1-13-24-53-29-51(61)35(8)66-41(27-49(51,10)64-12)68-43-32(5)45(48(9,59)26-30(3)28-54-34(7)44(57)50(11,60)40(14-2)67-46(58)33(43)6)69-47-42(56)39(25-31(4)65-47)55(37-18-16-15-17-19-37)70(62,63)38-22-20-36(52)21-23-38/h20-23,30-35,37,39-45,47,53-54,56-57,59-61H,13-19,24-29H2,1-12H3/t30-,31-,32+,33-,34-,35+,39+,40-,41+,42-,43+,44-,45-,47+,48-,49-,50-,51+/m1/s1. The molecule has 17 nitrogen and oxygen atoms in total. The molecule has 0 radical (unpaired) electrons. The summed E-state index contributed by atoms with van der Waals surface area (Å²) in [6.45, 7) is 20.2. The van der Waals surface area contributed by atoms with Crippen molar-refractivity contribution in [1.82, 2.24) is 14.9 Å². The number of esters is 1. The Morgan fingerprint density at radius 2 is 1.57 bits per heavy atom. The maximum absolute atomic E-state index is 14.8. The van der Waals surface area contributed by atoms with Crippen molar-refractivity contribution < 1.29 is 67.2 Å². The fourth-order valence-corrected chi connectivity index (χ4v) is 13.7. The Bertz CT molecular complexity index is 1930. The van der Waals surface area contributed by atoms with Gasteiger partial charge in [0.2, 0.25) is 10.0 Å². The van der Waals surface area contributed by atoms with E-state index in [0.29, 0.717) is 31.0 Å². The van der Waals surface area contributed by atoms with E-state index in [9.17, 15) is 38.7 Å². The average Bonchev–Trinajstić information content (AvgIpc) is 3.30. The largest absolute Gasteiger partial charge is 0.459 e. The molecule has 0 unspecified atom stereocenters. The molecule has 404 valence electrons. The molecule has 19 heteroatoms. The van der Waals surface area contributed by atoms with Gasteiger partial charge in [0.25, 0.3) is 0 Å². The van der Waals surface area contributed by atoms with Crippen molar-refractivity contribution in [1.29, 1.82) is 0 Å². The van der Waals surface area contributed by atoms with Gasteiger partial charge in [0, 0.05) is 43.1 Å². The molecule has 0 bridgehead atoms. The minimum absolute atomic E-state index is 0.0207. The van der Waals surface area contributed by atoms with Crippen LogP contribution in [0.4, 0.5) is 0 Å². The third-order valence-electron chi connectivity index (χ3n) is 16.0. The van der Waals surface area contributed by atoms with E-state index in [1.807, 2.05) is 13.8 Å². The van der Waals surface area contributed by atoms with Crippen LogP contribution in [-0.4, -0.2) is 167 Å². The molecule has 3 saturated heterocycles. The van der Waals surface area contributed by atoms with Gasteiger partial charge < -0.3 is 64.6 Å². The monoisotopic (exact) mass is 1030 g/mol. The summed E-state index contributed by atoms with van der Waals surface area (Å²) in [5.74, 6) is -3.14. The smallest absolute Gasteiger partial charge is 0.311 e. The van der Waals surface area contributed by atoms with Crippen LogP contribution >= 0.6 is 11.6 Å². The highest BCUT2D eigenvalue weighted by Gasteiger charge is 2.59. The number of benzene rings is 1. The van der Waals surface area contributed by atoms with Crippen LogP contribution in [0.1, 0.15) is 140 Å². The fourth-order valence-electron chi connectivity index (χ4n) is 11.7. The van der Waals surface area contributed by atoms with E-state index in [2.05, 4.69) is 10.6 Å². The number of carbonyl (C=O) groups is 1. The molecule has 5 rings (SSSR count). The number of nitrogens with one attached hydrogen (secondary N) is 2. The number of rotatable bonds is 14. The molecule has 0 amide bonds. The van der Waals surface area contributed by atoms with Gasteiger partial charge in [-0.2, -0.15) is 4.31 Å². The summed E-state index contributed by atoms with van der Waals surface area (Å²) in [6.07, 6.45) is -5.46. The van der Waals surface area contributed by atoms with Crippen LogP contribution in [0.25, 0.3) is 0 Å². The summed E-state index contributed by atoms with van der Waals surface area (Å²) in [4.78, 5) is 14.7. The molecule has 18 atom stereocenters. The molecule has 1 aromatic carbocycles. The minimum Gasteiger partial charge on any atom is -0.459 e. The molecule has 70 heavy (non-hydrogen) atoms. The molecule has 0 spiro atoms. The van der Waals surface area contributed by atoms with Gasteiger partial charge in [-0.3, -0.25) is 4.79 Å². The molecular formula is C51H88ClN3O14S. The Hall–Kier alpha value is -1.59. The number of aliphatic hydroxyl groups excluding tert-OH is 2. The molecule has 4 fully saturated rings. The maximum atomic E-state index is 14.8. The summed E-state index contributed by atoms with van der Waals surface area (Å²) < 4.78 is 70.1. The Morgan fingerprint density at radius 1 is 0.929 bits per heavy atom. The zero-order valence-electron chi connectivity index (χ0n) is 43.8. The molecule has 1 aromatic rings. The average molecular weight is 1030 g/mol. The first-order valence-corrected chi connectivity index (χ1v) is 27.6. The van der Waals surface area contributed by atoms with Gasteiger partial charge in [0.15, 0.2) is 12.6 Å². The number of hydrogen-bond acceptors (Lipinski definition) is 16. The van der Waals surface area contributed by atoms with E-state index in [1.165, 1.54) is 42.6 Å². The summed E-state index contributed by atoms with van der Waals surface area (Å²) in [6, 6.07) is 3.91. The van der Waals surface area contributed by atoms with Crippen molar-refractivity contribution in [3.05, 3.63) is 29.3 Å². The molecule has 3 aliphatic heterocycles. The van der Waals surface area contributed by atoms with Gasteiger partial charge >= 0.3 is 5.97 Å². The Morgan fingerprint density at radius 3 is 2.17 bits per heavy atom. The van der Waals surface area contributed by atoms with Gasteiger partial charge in [0.05, 0.1) is 46.9 Å². The quantitative estimate of drug-likeness (QED) is 0.0955. The second-order valence-electron chi connectivity index (χ2n) is 21.8. The van der Waals surface area contributed by atoms with Crippen molar-refractivity contribution in [3.8, 4) is 0 Å². The normalized spacial score (nSPS) is 42.5. The zero-order valence-corrected chi connectivity index (χ0v) is 45.4. The number of nitrogens with zero attached hydrogens (tertiary/aromatic N) is 1. The third kappa shape index (κ3) is 13.1. The fraction of sp³-hybridized carbons (Fsp3) is 0.863. The zero-order chi connectivity index (χ0) is 52.1. The third-order valence-corrected chi connectivity index (χ3v) is 18.2. The van der Waals surface area contributed by atoms with Crippen LogP contribution < -0.4 is 10.6 Å². The van der Waals surface area contributed by atoms with E-state index in [0.717, 1.165) is 25.7 Å². The second-order valence-corrected chi connectivity index (χ2v) is 24.1. The van der Waals surface area contributed by atoms with Crippen LogP contribution in [-0.2, 0) is 43.2 Å². The van der Waals surface area contributed by atoms with Crippen LogP contribution in [0.2, 0.25) is 5.02 Å². The van der Waals surface area contributed by atoms with E-state index in [4.69, 9.17) is 40.0 Å². The van der Waals surface area contributed by atoms with E-state index >= 15 is 0 Å². The number of cyclic esters (lactones) is 1. The number of sulfonamides is 1. The molecule has 7 N–H and O–H groups in total. The molecular weight excluding hydrogens is 946 g/mol. The minimum atomic E-state index is -4.21. The highest BCUT2D eigenvalue weighted by molar-refractivity contribution is 7.89. The van der Waals surface area contributed by atoms with Crippen molar-refractivity contribution in [2.75, 3.05) is 26.7 Å². The molecule has 1 aliphatic carbocycles. The van der Waals surface area contributed by atoms with Gasteiger partial charge in [-0.25, -0.2) is 8.42 Å². The number of ether oxygens (including phenoxy) is 6. The first kappa shape index (κ1) is 59.3. The van der Waals surface area contributed by atoms with E-state index in [1.54, 1.807) is 55.4 Å². The first-order valence-electron chi connectivity index (χ1n) is 25.8. The second kappa shape index (κ2) is 24.4. The summed E-state index contributed by atoms with van der Waals surface area (Å²) in [7, 11) is -2.70. The van der Waals surface area contributed by atoms with E-state index < -0.39 is 124 Å². The highest BCUT2D eigenvalue weighted by atomic mass is 35.5. The van der Waals surface area contributed by atoms with Crippen LogP contribution in [0.15, 0.2) is 29.2 Å². The van der Waals surface area contributed by atoms with E-state index in [-0.39, 0.29) is 43.0 Å². The SMILES string of the molecule is CCCNC[C@]1(O)[C@H](C)O[C@@H](O[C@H]2[C@H](C)[C@@H](O[C@@H]3O[C@H](C)C[C@H](N(C4CCCCC4)S(=O)(=O)c4ccc(Cl)cc4)[C@H]3O)[C@](C)(O)C[C@@H](C)CN[C@H](C)[C@@H](O)[C@](C)(O)[C@@H](CC)OC(=O)[C@@H]2C)C[C@@]1(C)OC. The lowest BCUT2D eigenvalue weighted by Crippen LogP contribution is -2.70. The van der Waals surface area contributed by atoms with Gasteiger partial charge in [-0.05, 0) is 130 Å². The van der Waals surface area contributed by atoms with Gasteiger partial charge in [0.1, 0.15) is 35.1 Å². The lowest BCUT2D eigenvalue weighted by Gasteiger charge is -2.53. The number of halogens is 1. The van der Waals surface area contributed by atoms with Crippen LogP contribution in [0, 0.1) is 17.8 Å². The summed E-state index contributed by atoms with van der Waals surface area (Å²) in [5.41, 5.74) is -6.35.